The second kappa shape index (κ2) is 9.06. The quantitative estimate of drug-likeness (QED) is 0.610. The highest BCUT2D eigenvalue weighted by atomic mass is 79.9. The van der Waals surface area contributed by atoms with Crippen LogP contribution in [0.3, 0.4) is 0 Å². The lowest BCUT2D eigenvalue weighted by atomic mass is 10.3. The van der Waals surface area contributed by atoms with Gasteiger partial charge in [0, 0.05) is 6.20 Å². The molecule has 0 bridgehead atoms. The first-order chi connectivity index (χ1) is 13.1. The third kappa shape index (κ3) is 6.23. The molecule has 0 saturated carbocycles. The van der Waals surface area contributed by atoms with E-state index in [9.17, 15) is 27.6 Å². The summed E-state index contributed by atoms with van der Waals surface area (Å²) in [5, 5.41) is 3.88. The van der Waals surface area contributed by atoms with Gasteiger partial charge in [-0.25, -0.2) is 4.98 Å². The molecule has 0 spiro atoms. The summed E-state index contributed by atoms with van der Waals surface area (Å²) >= 11 is 8.66. The number of pyridine rings is 1. The standard InChI is InChI=1S/C15H10BrClF3N3O5/c16-10-2-1-9(28-10)14(26)22-5-12(25)27-6-11(24)23-13-8(17)3-7(4-21-13)15(18,19)20/h1-4H,5-6H2,(H,22,26)(H,21,23,24). The maximum Gasteiger partial charge on any atom is 0.417 e. The van der Waals surface area contributed by atoms with Gasteiger partial charge in [0.15, 0.2) is 22.9 Å². The van der Waals surface area contributed by atoms with Crippen LogP contribution in [0.25, 0.3) is 0 Å². The topological polar surface area (TPSA) is 111 Å². The van der Waals surface area contributed by atoms with Crippen LogP contribution in [0.15, 0.2) is 33.5 Å². The fraction of sp³-hybridized carbons (Fsp3) is 0.200. The van der Waals surface area contributed by atoms with Gasteiger partial charge in [-0.2, -0.15) is 13.2 Å². The molecule has 8 nitrogen and oxygen atoms in total. The number of rotatable bonds is 6. The van der Waals surface area contributed by atoms with Crippen molar-refractivity contribution in [1.82, 2.24) is 10.3 Å². The molecular formula is C15H10BrClF3N3O5. The van der Waals surface area contributed by atoms with Crippen LogP contribution in [0.2, 0.25) is 5.02 Å². The van der Waals surface area contributed by atoms with Gasteiger partial charge in [0.05, 0.1) is 10.6 Å². The minimum atomic E-state index is -4.63. The third-order valence-corrected chi connectivity index (χ3v) is 3.70. The number of aromatic nitrogens is 1. The first kappa shape index (κ1) is 21.7. The number of nitrogens with zero attached hydrogens (tertiary/aromatic N) is 1. The molecule has 13 heteroatoms. The van der Waals surface area contributed by atoms with Gasteiger partial charge in [0.25, 0.3) is 11.8 Å². The molecule has 150 valence electrons. The Morgan fingerprint density at radius 2 is 2.00 bits per heavy atom. The van der Waals surface area contributed by atoms with Gasteiger partial charge in [0.1, 0.15) is 6.54 Å². The largest absolute Gasteiger partial charge is 0.454 e. The van der Waals surface area contributed by atoms with Crippen LogP contribution in [0.1, 0.15) is 16.1 Å². The number of esters is 1. The number of anilines is 1. The van der Waals surface area contributed by atoms with Gasteiger partial charge in [-0.15, -0.1) is 0 Å². The van der Waals surface area contributed by atoms with Gasteiger partial charge in [-0.05, 0) is 34.1 Å². The van der Waals surface area contributed by atoms with E-state index in [1.807, 2.05) is 0 Å². The zero-order valence-corrected chi connectivity index (χ0v) is 15.9. The van der Waals surface area contributed by atoms with Crippen molar-refractivity contribution in [2.24, 2.45) is 0 Å². The summed E-state index contributed by atoms with van der Waals surface area (Å²) in [5.41, 5.74) is -1.08. The summed E-state index contributed by atoms with van der Waals surface area (Å²) < 4.78 is 47.5. The Bertz CT molecular complexity index is 903. The lowest BCUT2D eigenvalue weighted by Crippen LogP contribution is -2.32. The van der Waals surface area contributed by atoms with Crippen molar-refractivity contribution in [3.05, 3.63) is 45.4 Å². The molecule has 0 aliphatic carbocycles. The lowest BCUT2D eigenvalue weighted by molar-refractivity contribution is -0.146. The number of carbonyl (C=O) groups excluding carboxylic acids is 3. The van der Waals surface area contributed by atoms with E-state index in [-0.39, 0.29) is 11.6 Å². The normalized spacial score (nSPS) is 11.0. The summed E-state index contributed by atoms with van der Waals surface area (Å²) in [7, 11) is 0. The Morgan fingerprint density at radius 3 is 2.57 bits per heavy atom. The molecule has 0 atom stereocenters. The van der Waals surface area contributed by atoms with E-state index in [1.54, 1.807) is 0 Å². The van der Waals surface area contributed by atoms with Crippen LogP contribution in [0.4, 0.5) is 19.0 Å². The Labute approximate surface area is 168 Å². The highest BCUT2D eigenvalue weighted by Crippen LogP contribution is 2.32. The molecule has 0 fully saturated rings. The molecule has 0 aliphatic rings. The van der Waals surface area contributed by atoms with E-state index in [0.717, 1.165) is 0 Å². The SMILES string of the molecule is O=C(COC(=O)CNC(=O)c1ccc(Br)o1)Nc1ncc(C(F)(F)F)cc1Cl. The van der Waals surface area contributed by atoms with Gasteiger partial charge < -0.3 is 19.8 Å². The van der Waals surface area contributed by atoms with Crippen molar-refractivity contribution in [2.75, 3.05) is 18.5 Å². The molecule has 2 aromatic rings. The van der Waals surface area contributed by atoms with Crippen LogP contribution in [-0.4, -0.2) is 35.9 Å². The number of carbonyl (C=O) groups is 3. The fourth-order valence-electron chi connectivity index (χ4n) is 1.73. The van der Waals surface area contributed by atoms with Crippen LogP contribution in [0, 0.1) is 0 Å². The van der Waals surface area contributed by atoms with Crippen molar-refractivity contribution in [2.45, 2.75) is 6.18 Å². The van der Waals surface area contributed by atoms with Gasteiger partial charge in [0.2, 0.25) is 0 Å². The van der Waals surface area contributed by atoms with E-state index < -0.39 is 47.7 Å². The number of amides is 2. The second-order valence-corrected chi connectivity index (χ2v) is 6.24. The fourth-order valence-corrected chi connectivity index (χ4v) is 2.25. The molecule has 0 aliphatic heterocycles. The highest BCUT2D eigenvalue weighted by molar-refractivity contribution is 9.10. The van der Waals surface area contributed by atoms with Gasteiger partial charge >= 0.3 is 12.1 Å². The molecule has 0 unspecified atom stereocenters. The van der Waals surface area contributed by atoms with E-state index in [1.165, 1.54) is 12.1 Å². The lowest BCUT2D eigenvalue weighted by Gasteiger charge is -2.10. The number of furan rings is 1. The summed E-state index contributed by atoms with van der Waals surface area (Å²) in [6.07, 6.45) is -4.14. The number of hydrogen-bond donors (Lipinski definition) is 2. The monoisotopic (exact) mass is 483 g/mol. The average molecular weight is 485 g/mol. The minimum absolute atomic E-state index is 0.0413. The second-order valence-electron chi connectivity index (χ2n) is 5.05. The van der Waals surface area contributed by atoms with E-state index in [2.05, 4.69) is 36.3 Å². The van der Waals surface area contributed by atoms with E-state index >= 15 is 0 Å². The molecule has 0 radical (unpaired) electrons. The molecule has 2 aromatic heterocycles. The number of alkyl halides is 3. The van der Waals surface area contributed by atoms with E-state index in [0.29, 0.717) is 16.9 Å². The number of nitrogens with one attached hydrogen (secondary N) is 2. The molecule has 0 saturated heterocycles. The molecule has 2 rings (SSSR count). The summed E-state index contributed by atoms with van der Waals surface area (Å²) in [5.74, 6) is -2.86. The van der Waals surface area contributed by atoms with Crippen molar-refractivity contribution >= 4 is 51.1 Å². The molecule has 2 amide bonds. The van der Waals surface area contributed by atoms with E-state index in [4.69, 9.17) is 16.0 Å². The maximum absolute atomic E-state index is 12.5. The smallest absolute Gasteiger partial charge is 0.417 e. The maximum atomic E-state index is 12.5. The average Bonchev–Trinajstić information content (AvgIpc) is 3.05. The third-order valence-electron chi connectivity index (χ3n) is 2.98. The van der Waals surface area contributed by atoms with Crippen LogP contribution < -0.4 is 10.6 Å². The molecular weight excluding hydrogens is 475 g/mol. The van der Waals surface area contributed by atoms with Crippen LogP contribution in [-0.2, 0) is 20.5 Å². The Morgan fingerprint density at radius 1 is 1.29 bits per heavy atom. The summed E-state index contributed by atoms with van der Waals surface area (Å²) in [6, 6.07) is 3.45. The molecule has 2 N–H and O–H groups in total. The van der Waals surface area contributed by atoms with Crippen LogP contribution in [0.5, 0.6) is 0 Å². The van der Waals surface area contributed by atoms with Crippen molar-refractivity contribution in [3.8, 4) is 0 Å². The highest BCUT2D eigenvalue weighted by Gasteiger charge is 2.31. The molecule has 2 heterocycles. The first-order valence-corrected chi connectivity index (χ1v) is 8.45. The van der Waals surface area contributed by atoms with Crippen molar-refractivity contribution in [1.29, 1.82) is 0 Å². The predicted molar refractivity (Wildman–Crippen MR) is 92.6 cm³/mol. The molecule has 28 heavy (non-hydrogen) atoms. The number of halogens is 5. The molecule has 0 aromatic carbocycles. The number of hydrogen-bond acceptors (Lipinski definition) is 6. The van der Waals surface area contributed by atoms with Crippen molar-refractivity contribution < 1.29 is 36.7 Å². The Kier molecular flexibility index (Phi) is 7.02. The summed E-state index contributed by atoms with van der Waals surface area (Å²) in [4.78, 5) is 38.3. The van der Waals surface area contributed by atoms with Gasteiger partial charge in [-0.3, -0.25) is 14.4 Å². The number of ether oxygens (including phenoxy) is 1. The zero-order chi connectivity index (χ0) is 20.9. The predicted octanol–water partition coefficient (Wildman–Crippen LogP) is 3.02. The summed E-state index contributed by atoms with van der Waals surface area (Å²) in [6.45, 7) is -1.30. The first-order valence-electron chi connectivity index (χ1n) is 7.28. The van der Waals surface area contributed by atoms with Crippen LogP contribution >= 0.6 is 27.5 Å². The van der Waals surface area contributed by atoms with Crippen molar-refractivity contribution in [3.63, 3.8) is 0 Å². The zero-order valence-electron chi connectivity index (χ0n) is 13.6. The minimum Gasteiger partial charge on any atom is -0.454 e. The Hall–Kier alpha value is -2.60. The Balaban J connectivity index is 1.79. The van der Waals surface area contributed by atoms with Gasteiger partial charge in [-0.1, -0.05) is 11.6 Å².